The Bertz CT molecular complexity index is 1280. The minimum atomic E-state index is -4.61. The topological polar surface area (TPSA) is 65.0 Å². The Morgan fingerprint density at radius 2 is 1.62 bits per heavy atom. The highest BCUT2D eigenvalue weighted by atomic mass is 32.1. The summed E-state index contributed by atoms with van der Waals surface area (Å²) in [5.74, 6) is 0.782. The first-order chi connectivity index (χ1) is 15.3. The standard InChI is InChI=1S/C23H17F3N2O3S/c1-30-15-6-3-13(4-7-15)21(29)27-14-5-9-17(18(11-14)23(24,25)26)22-28-19-10-8-16(31-2)12-20(19)32-22/h3-12H,1-2H3,(H,27,29)/p+1. The number of halogens is 3. The lowest BCUT2D eigenvalue weighted by Crippen LogP contribution is -2.82. The molecule has 5 nitrogen and oxygen atoms in total. The molecule has 0 unspecified atom stereocenters. The number of primary amides is 1. The molecule has 1 aromatic heterocycles. The number of quaternary nitrogens is 1. The molecule has 1 amide bonds. The van der Waals surface area contributed by atoms with E-state index in [9.17, 15) is 18.0 Å². The molecule has 0 atom stereocenters. The number of aromatic nitrogens is 1. The van der Waals surface area contributed by atoms with Crippen molar-refractivity contribution in [3.8, 4) is 22.1 Å². The zero-order valence-electron chi connectivity index (χ0n) is 17.1. The first kappa shape index (κ1) is 21.8. The highest BCUT2D eigenvalue weighted by Crippen LogP contribution is 2.41. The van der Waals surface area contributed by atoms with Crippen LogP contribution >= 0.6 is 11.3 Å². The van der Waals surface area contributed by atoms with Crippen LogP contribution in [0, 0.1) is 0 Å². The predicted molar refractivity (Wildman–Crippen MR) is 116 cm³/mol. The number of carbonyl (C=O) groups is 1. The summed E-state index contributed by atoms with van der Waals surface area (Å²) >= 11 is 1.15. The first-order valence-electron chi connectivity index (χ1n) is 9.48. The summed E-state index contributed by atoms with van der Waals surface area (Å²) in [4.78, 5) is 16.9. The van der Waals surface area contributed by atoms with E-state index < -0.39 is 17.6 Å². The maximum atomic E-state index is 13.9. The van der Waals surface area contributed by atoms with E-state index in [0.717, 1.165) is 22.1 Å². The average Bonchev–Trinajstić information content (AvgIpc) is 3.21. The Morgan fingerprint density at radius 1 is 0.938 bits per heavy atom. The number of alkyl halides is 3. The minimum Gasteiger partial charge on any atom is -0.497 e. The van der Waals surface area contributed by atoms with Crippen LogP contribution in [0.15, 0.2) is 60.7 Å². The van der Waals surface area contributed by atoms with Gasteiger partial charge in [-0.2, -0.15) is 13.2 Å². The van der Waals surface area contributed by atoms with Crippen LogP contribution in [-0.2, 0) is 6.18 Å². The molecule has 0 radical (unpaired) electrons. The van der Waals surface area contributed by atoms with Crippen LogP contribution in [-0.4, -0.2) is 25.1 Å². The lowest BCUT2D eigenvalue weighted by molar-refractivity contribution is -0.464. The van der Waals surface area contributed by atoms with E-state index >= 15 is 0 Å². The molecule has 3 aromatic carbocycles. The van der Waals surface area contributed by atoms with E-state index in [1.807, 2.05) is 0 Å². The number of nitrogens with zero attached hydrogens (tertiary/aromatic N) is 1. The van der Waals surface area contributed by atoms with Crippen LogP contribution in [0.1, 0.15) is 15.9 Å². The number of ether oxygens (including phenoxy) is 2. The molecule has 9 heteroatoms. The number of hydrogen-bond donors (Lipinski definition) is 1. The van der Waals surface area contributed by atoms with E-state index in [1.165, 1.54) is 31.7 Å². The Hall–Kier alpha value is -3.43. The smallest absolute Gasteiger partial charge is 0.417 e. The number of amides is 1. The second-order valence-electron chi connectivity index (χ2n) is 6.89. The van der Waals surface area contributed by atoms with Gasteiger partial charge in [0.15, 0.2) is 0 Å². The van der Waals surface area contributed by atoms with E-state index in [2.05, 4.69) is 4.98 Å². The summed E-state index contributed by atoms with van der Waals surface area (Å²) in [6, 6.07) is 15.3. The number of nitrogens with two attached hydrogens (primary N) is 1. The van der Waals surface area contributed by atoms with Gasteiger partial charge in [-0.05, 0) is 48.5 Å². The Labute approximate surface area is 185 Å². The van der Waals surface area contributed by atoms with Gasteiger partial charge >= 0.3 is 12.1 Å². The zero-order valence-corrected chi connectivity index (χ0v) is 17.9. The molecular weight excluding hydrogens is 441 g/mol. The third kappa shape index (κ3) is 4.44. The number of fused-ring (bicyclic) bond motifs is 1. The maximum absolute atomic E-state index is 13.9. The third-order valence-corrected chi connectivity index (χ3v) is 5.90. The normalized spacial score (nSPS) is 11.5. The lowest BCUT2D eigenvalue weighted by Gasteiger charge is -2.12. The van der Waals surface area contributed by atoms with Crippen LogP contribution in [0.25, 0.3) is 20.8 Å². The van der Waals surface area contributed by atoms with Gasteiger partial charge in [-0.15, -0.1) is 11.3 Å². The molecule has 0 fully saturated rings. The number of carbonyl (C=O) groups excluding carboxylic acids is 1. The largest absolute Gasteiger partial charge is 0.497 e. The second kappa shape index (κ2) is 8.60. The van der Waals surface area contributed by atoms with Crippen molar-refractivity contribution in [2.75, 3.05) is 14.2 Å². The number of hydrogen-bond acceptors (Lipinski definition) is 5. The van der Waals surface area contributed by atoms with Crippen molar-refractivity contribution in [2.45, 2.75) is 6.18 Å². The first-order valence-corrected chi connectivity index (χ1v) is 10.3. The molecule has 0 saturated carbocycles. The van der Waals surface area contributed by atoms with Gasteiger partial charge in [-0.1, -0.05) is 0 Å². The quantitative estimate of drug-likeness (QED) is 0.425. The molecule has 164 valence electrons. The molecule has 4 rings (SSSR count). The Kier molecular flexibility index (Phi) is 5.86. The molecule has 0 saturated heterocycles. The third-order valence-electron chi connectivity index (χ3n) is 4.85. The van der Waals surface area contributed by atoms with Crippen LogP contribution in [0.5, 0.6) is 11.5 Å². The van der Waals surface area contributed by atoms with Crippen molar-refractivity contribution in [1.82, 2.24) is 4.98 Å². The van der Waals surface area contributed by atoms with Crippen molar-refractivity contribution in [1.29, 1.82) is 0 Å². The zero-order chi connectivity index (χ0) is 22.9. The number of methoxy groups -OCH3 is 2. The fourth-order valence-corrected chi connectivity index (χ4v) is 4.24. The number of thiazole rings is 1. The van der Waals surface area contributed by atoms with Gasteiger partial charge in [0.25, 0.3) is 0 Å². The molecule has 1 heterocycles. The lowest BCUT2D eigenvalue weighted by atomic mass is 10.1. The summed E-state index contributed by atoms with van der Waals surface area (Å²) < 4.78 is 52.6. The van der Waals surface area contributed by atoms with E-state index in [1.54, 1.807) is 42.5 Å². The SMILES string of the molecule is COc1ccc(C(=O)[NH2+]c2ccc(-c3nc4ccc(OC)cc4s3)c(C(F)(F)F)c2)cc1. The van der Waals surface area contributed by atoms with Crippen molar-refractivity contribution in [2.24, 2.45) is 0 Å². The molecule has 0 aliphatic carbocycles. The predicted octanol–water partition coefficient (Wildman–Crippen LogP) is 5.03. The van der Waals surface area contributed by atoms with Crippen molar-refractivity contribution < 1.29 is 32.8 Å². The van der Waals surface area contributed by atoms with E-state index in [4.69, 9.17) is 9.47 Å². The van der Waals surface area contributed by atoms with Crippen molar-refractivity contribution in [3.63, 3.8) is 0 Å². The van der Waals surface area contributed by atoms with Gasteiger partial charge in [0.2, 0.25) is 0 Å². The molecule has 0 spiro atoms. The van der Waals surface area contributed by atoms with Gasteiger partial charge in [-0.25, -0.2) is 15.1 Å². The van der Waals surface area contributed by atoms with Gasteiger partial charge in [0.1, 0.15) is 22.2 Å². The van der Waals surface area contributed by atoms with Crippen LogP contribution in [0.2, 0.25) is 0 Å². The number of benzene rings is 3. The number of rotatable bonds is 5. The summed E-state index contributed by atoms with van der Waals surface area (Å²) in [5, 5.41) is 1.43. The molecule has 0 aliphatic heterocycles. The van der Waals surface area contributed by atoms with Crippen molar-refractivity contribution in [3.05, 3.63) is 71.8 Å². The maximum Gasteiger partial charge on any atom is 0.417 e. The van der Waals surface area contributed by atoms with Gasteiger partial charge < -0.3 is 9.47 Å². The minimum absolute atomic E-state index is 0.0355. The highest BCUT2D eigenvalue weighted by molar-refractivity contribution is 7.21. The monoisotopic (exact) mass is 459 g/mol. The van der Waals surface area contributed by atoms with E-state index in [0.29, 0.717) is 22.6 Å². The van der Waals surface area contributed by atoms with Crippen molar-refractivity contribution >= 4 is 33.1 Å². The molecule has 2 N–H and O–H groups in total. The fraction of sp³-hybridized carbons (Fsp3) is 0.130. The molecule has 32 heavy (non-hydrogen) atoms. The van der Waals surface area contributed by atoms with Gasteiger partial charge in [0.05, 0.1) is 35.6 Å². The highest BCUT2D eigenvalue weighted by Gasteiger charge is 2.35. The summed E-state index contributed by atoms with van der Waals surface area (Å²) in [5.41, 5.74) is 0.212. The Morgan fingerprint density at radius 3 is 2.28 bits per heavy atom. The Balaban J connectivity index is 1.68. The van der Waals surface area contributed by atoms with Gasteiger partial charge in [0, 0.05) is 17.7 Å². The summed E-state index contributed by atoms with van der Waals surface area (Å²) in [6.45, 7) is 0. The molecule has 0 aliphatic rings. The average molecular weight is 459 g/mol. The molecule has 4 aromatic rings. The van der Waals surface area contributed by atoms with Crippen LogP contribution in [0.4, 0.5) is 18.9 Å². The van der Waals surface area contributed by atoms with E-state index in [-0.39, 0.29) is 16.3 Å². The van der Waals surface area contributed by atoms with Crippen LogP contribution < -0.4 is 14.8 Å². The molecular formula is C23H18F3N2O3S+. The summed E-state index contributed by atoms with van der Waals surface area (Å²) in [6.07, 6.45) is -4.61. The molecule has 0 bridgehead atoms. The second-order valence-corrected chi connectivity index (χ2v) is 7.92. The van der Waals surface area contributed by atoms with Crippen LogP contribution in [0.3, 0.4) is 0 Å². The van der Waals surface area contributed by atoms with Gasteiger partial charge in [-0.3, -0.25) is 0 Å². The fourth-order valence-electron chi connectivity index (χ4n) is 3.21. The summed E-state index contributed by atoms with van der Waals surface area (Å²) in [7, 11) is 3.03.